The van der Waals surface area contributed by atoms with Crippen molar-refractivity contribution in [2.75, 3.05) is 19.7 Å². The van der Waals surface area contributed by atoms with Gasteiger partial charge in [0.1, 0.15) is 11.4 Å². The van der Waals surface area contributed by atoms with E-state index in [-0.39, 0.29) is 43.9 Å². The van der Waals surface area contributed by atoms with Crippen LogP contribution in [-0.4, -0.2) is 54.5 Å². The molecule has 2 unspecified atom stereocenters. The van der Waals surface area contributed by atoms with Gasteiger partial charge in [-0.1, -0.05) is 39.6 Å². The number of imidazole rings is 1. The summed E-state index contributed by atoms with van der Waals surface area (Å²) in [5, 5.41) is 8.67. The highest BCUT2D eigenvalue weighted by molar-refractivity contribution is 6.76. The Hall–Kier alpha value is -2.72. The number of halogens is 2. The van der Waals surface area contributed by atoms with Crippen LogP contribution >= 0.6 is 0 Å². The van der Waals surface area contributed by atoms with Crippen molar-refractivity contribution in [3.05, 3.63) is 53.5 Å². The molecule has 38 heavy (non-hydrogen) atoms. The fourth-order valence-corrected chi connectivity index (χ4v) is 5.54. The van der Waals surface area contributed by atoms with Gasteiger partial charge >= 0.3 is 0 Å². The molecule has 1 aromatic heterocycles. The van der Waals surface area contributed by atoms with E-state index in [1.807, 2.05) is 45.2 Å². The van der Waals surface area contributed by atoms with E-state index in [9.17, 15) is 13.6 Å². The first-order chi connectivity index (χ1) is 17.8. The van der Waals surface area contributed by atoms with Gasteiger partial charge in [0.2, 0.25) is 0 Å². The first-order valence-electron chi connectivity index (χ1n) is 13.4. The highest BCUT2D eigenvalue weighted by atomic mass is 28.3. The van der Waals surface area contributed by atoms with Gasteiger partial charge in [-0.15, -0.1) is 0 Å². The lowest BCUT2D eigenvalue weighted by atomic mass is 9.77. The number of benzene rings is 1. The molecule has 206 valence electrons. The number of H-pyrrole nitrogens is 1. The molecule has 2 aromatic rings. The second-order valence-corrected chi connectivity index (χ2v) is 17.5. The van der Waals surface area contributed by atoms with Gasteiger partial charge in [0.05, 0.1) is 11.8 Å². The molecule has 1 saturated heterocycles. The van der Waals surface area contributed by atoms with E-state index >= 15 is 0 Å². The van der Waals surface area contributed by atoms with Crippen LogP contribution in [0.3, 0.4) is 0 Å². The van der Waals surface area contributed by atoms with Gasteiger partial charge in [0.15, 0.2) is 0 Å². The average Bonchev–Trinajstić information content (AvgIpc) is 3.54. The standard InChI is InChI=1S/C28H39F2N5O2Si/c1-19(2)28(9-12-32-34-28)23-17-21(7-8-22(23)26(36)35-13-10-27(29,30)11-14-35)25-31-18-24(33-25)20(3)37-15-16-38(4,5)6/h7-9,12,17-20H,10-11,13-16H2,1-6H3,(H,31,33). The van der Waals surface area contributed by atoms with E-state index in [0.29, 0.717) is 23.6 Å². The molecular weight excluding hydrogens is 504 g/mol. The van der Waals surface area contributed by atoms with Crippen LogP contribution in [0.4, 0.5) is 8.78 Å². The number of aromatic nitrogens is 2. The zero-order valence-corrected chi connectivity index (χ0v) is 24.2. The molecule has 0 radical (unpaired) electrons. The normalized spacial score (nSPS) is 21.9. The number of likely N-dealkylation sites (tertiary alicyclic amines) is 1. The summed E-state index contributed by atoms with van der Waals surface area (Å²) in [7, 11) is -1.19. The summed E-state index contributed by atoms with van der Waals surface area (Å²) in [5.41, 5.74) is 1.93. The third-order valence-electron chi connectivity index (χ3n) is 7.47. The van der Waals surface area contributed by atoms with Crippen molar-refractivity contribution in [3.8, 4) is 11.4 Å². The molecule has 2 aliphatic heterocycles. The van der Waals surface area contributed by atoms with Crippen LogP contribution in [0.1, 0.15) is 61.3 Å². The summed E-state index contributed by atoms with van der Waals surface area (Å²) in [6.45, 7) is 13.8. The number of carbonyl (C=O) groups is 1. The molecule has 0 bridgehead atoms. The number of carbonyl (C=O) groups excluding carboxylic acids is 1. The first-order valence-corrected chi connectivity index (χ1v) is 17.1. The van der Waals surface area contributed by atoms with Gasteiger partial charge < -0.3 is 14.6 Å². The molecular formula is C28H39F2N5O2Si. The van der Waals surface area contributed by atoms with Gasteiger partial charge in [-0.3, -0.25) is 4.79 Å². The summed E-state index contributed by atoms with van der Waals surface area (Å²) >= 11 is 0. The Bertz CT molecular complexity index is 1200. The van der Waals surface area contributed by atoms with Crippen molar-refractivity contribution in [2.24, 2.45) is 16.1 Å². The molecule has 0 aliphatic carbocycles. The third-order valence-corrected chi connectivity index (χ3v) is 9.17. The summed E-state index contributed by atoms with van der Waals surface area (Å²) in [5.74, 6) is -2.32. The monoisotopic (exact) mass is 543 g/mol. The summed E-state index contributed by atoms with van der Waals surface area (Å²) < 4.78 is 33.6. The predicted molar refractivity (Wildman–Crippen MR) is 147 cm³/mol. The van der Waals surface area contributed by atoms with Crippen LogP contribution in [-0.2, 0) is 10.3 Å². The van der Waals surface area contributed by atoms with Crippen LogP contribution in [0.5, 0.6) is 0 Å². The Morgan fingerprint density at radius 3 is 2.50 bits per heavy atom. The molecule has 0 saturated carbocycles. The first kappa shape index (κ1) is 28.3. The van der Waals surface area contributed by atoms with E-state index in [1.54, 1.807) is 12.3 Å². The number of alkyl halides is 2. The number of amides is 1. The molecule has 2 atom stereocenters. The predicted octanol–water partition coefficient (Wildman–Crippen LogP) is 7.19. The molecule has 1 fully saturated rings. The minimum atomic E-state index is -2.72. The van der Waals surface area contributed by atoms with Crippen molar-refractivity contribution >= 4 is 14.0 Å². The molecule has 10 heteroatoms. The Labute approximate surface area is 224 Å². The molecule has 2 aliphatic rings. The number of ether oxygens (including phenoxy) is 1. The Morgan fingerprint density at radius 1 is 1.18 bits per heavy atom. The molecule has 1 N–H and O–H groups in total. The average molecular weight is 544 g/mol. The Balaban J connectivity index is 1.65. The van der Waals surface area contributed by atoms with Gasteiger partial charge in [-0.2, -0.15) is 10.2 Å². The van der Waals surface area contributed by atoms with Crippen molar-refractivity contribution in [1.29, 1.82) is 0 Å². The fraction of sp³-hybridized carbons (Fsp3) is 0.571. The quantitative estimate of drug-likeness (QED) is 0.340. The molecule has 4 rings (SSSR count). The Kier molecular flexibility index (Phi) is 8.04. The van der Waals surface area contributed by atoms with Gasteiger partial charge in [0, 0.05) is 64.1 Å². The van der Waals surface area contributed by atoms with Crippen LogP contribution in [0.15, 0.2) is 46.9 Å². The maximum atomic E-state index is 13.8. The van der Waals surface area contributed by atoms with Gasteiger partial charge in [-0.25, -0.2) is 13.8 Å². The largest absolute Gasteiger partial charge is 0.372 e. The number of nitrogens with one attached hydrogen (secondary N) is 1. The lowest BCUT2D eigenvalue weighted by Gasteiger charge is -2.34. The van der Waals surface area contributed by atoms with Crippen molar-refractivity contribution < 1.29 is 18.3 Å². The number of nitrogens with zero attached hydrogens (tertiary/aromatic N) is 4. The van der Waals surface area contributed by atoms with Crippen LogP contribution in [0, 0.1) is 5.92 Å². The van der Waals surface area contributed by atoms with E-state index in [0.717, 1.165) is 17.3 Å². The van der Waals surface area contributed by atoms with Crippen molar-refractivity contribution in [1.82, 2.24) is 14.9 Å². The summed E-state index contributed by atoms with van der Waals surface area (Å²) in [6, 6.07) is 6.63. The zero-order chi connectivity index (χ0) is 27.7. The number of hydrogen-bond acceptors (Lipinski definition) is 5. The summed E-state index contributed by atoms with van der Waals surface area (Å²) in [4.78, 5) is 23.2. The van der Waals surface area contributed by atoms with Crippen LogP contribution in [0.2, 0.25) is 25.7 Å². The smallest absolute Gasteiger partial charge is 0.254 e. The second kappa shape index (κ2) is 10.8. The number of hydrogen-bond donors (Lipinski definition) is 1. The summed E-state index contributed by atoms with van der Waals surface area (Å²) in [6.07, 6.45) is 4.60. The minimum Gasteiger partial charge on any atom is -0.372 e. The van der Waals surface area contributed by atoms with E-state index in [2.05, 4.69) is 34.9 Å². The Morgan fingerprint density at radius 2 is 1.89 bits per heavy atom. The fourth-order valence-electron chi connectivity index (χ4n) is 4.81. The maximum Gasteiger partial charge on any atom is 0.254 e. The van der Waals surface area contributed by atoms with Crippen molar-refractivity contribution in [2.45, 2.75) is 76.9 Å². The lowest BCUT2D eigenvalue weighted by Crippen LogP contribution is -2.43. The SMILES string of the molecule is CC(OCC[Si](C)(C)C)c1c[nH]c(-c2ccc(C(=O)N3CCC(F)(F)CC3)c(C3(C(C)C)C=CN=N3)c2)n1. The molecule has 1 aromatic carbocycles. The maximum absolute atomic E-state index is 13.8. The second-order valence-electron chi connectivity index (χ2n) is 11.9. The van der Waals surface area contributed by atoms with Crippen molar-refractivity contribution in [3.63, 3.8) is 0 Å². The molecule has 0 spiro atoms. The van der Waals surface area contributed by atoms with E-state index in [1.165, 1.54) is 4.90 Å². The number of aromatic amines is 1. The molecule has 3 heterocycles. The van der Waals surface area contributed by atoms with Crippen LogP contribution in [0.25, 0.3) is 11.4 Å². The number of rotatable bonds is 9. The highest BCUT2D eigenvalue weighted by Crippen LogP contribution is 2.42. The number of piperidine rings is 1. The highest BCUT2D eigenvalue weighted by Gasteiger charge is 2.41. The van der Waals surface area contributed by atoms with Gasteiger partial charge in [-0.05, 0) is 42.7 Å². The minimum absolute atomic E-state index is 0.00411. The zero-order valence-electron chi connectivity index (χ0n) is 23.2. The van der Waals surface area contributed by atoms with Crippen LogP contribution < -0.4 is 0 Å². The molecule has 1 amide bonds. The third kappa shape index (κ3) is 6.12. The van der Waals surface area contributed by atoms with Gasteiger partial charge in [0.25, 0.3) is 11.8 Å². The van der Waals surface area contributed by atoms with E-state index in [4.69, 9.17) is 9.72 Å². The van der Waals surface area contributed by atoms with E-state index < -0.39 is 19.5 Å². The topological polar surface area (TPSA) is 82.9 Å². The lowest BCUT2D eigenvalue weighted by molar-refractivity contribution is -0.0494. The molecule has 7 nitrogen and oxygen atoms in total. The number of azo groups is 1.